The molecular weight excluding hydrogens is 264 g/mol. The predicted octanol–water partition coefficient (Wildman–Crippen LogP) is 2.39. The summed E-state index contributed by atoms with van der Waals surface area (Å²) in [6.07, 6.45) is 5.33. The van der Waals surface area contributed by atoms with Crippen LogP contribution in [0.3, 0.4) is 0 Å². The number of terminal acetylenes is 1. The van der Waals surface area contributed by atoms with Gasteiger partial charge in [0.1, 0.15) is 12.4 Å². The van der Waals surface area contributed by atoms with Crippen molar-refractivity contribution in [2.24, 2.45) is 0 Å². The third-order valence-electron chi connectivity index (χ3n) is 3.27. The van der Waals surface area contributed by atoms with Crippen LogP contribution in [0.25, 0.3) is 22.4 Å². The molecule has 0 radical (unpaired) electrons. The lowest BCUT2D eigenvalue weighted by Gasteiger charge is -1.96. The van der Waals surface area contributed by atoms with Crippen molar-refractivity contribution < 1.29 is 9.90 Å². The molecule has 0 aliphatic carbocycles. The van der Waals surface area contributed by atoms with Crippen LogP contribution in [0, 0.1) is 12.3 Å². The molecule has 2 aromatic carbocycles. The second-order valence-corrected chi connectivity index (χ2v) is 4.62. The first kappa shape index (κ1) is 13.1. The van der Waals surface area contributed by atoms with Gasteiger partial charge in [-0.15, -0.1) is 6.42 Å². The van der Waals surface area contributed by atoms with Gasteiger partial charge in [-0.05, 0) is 30.3 Å². The van der Waals surface area contributed by atoms with E-state index in [9.17, 15) is 4.79 Å². The molecule has 1 heterocycles. The number of benzene rings is 2. The molecule has 1 aromatic heterocycles. The average Bonchev–Trinajstić information content (AvgIpc) is 2.97. The summed E-state index contributed by atoms with van der Waals surface area (Å²) < 4.78 is 0. The number of aliphatic hydroxyl groups is 1. The van der Waals surface area contributed by atoms with E-state index in [-0.39, 0.29) is 5.78 Å². The second-order valence-electron chi connectivity index (χ2n) is 4.62. The van der Waals surface area contributed by atoms with Gasteiger partial charge in [-0.1, -0.05) is 18.1 Å². The van der Waals surface area contributed by atoms with Gasteiger partial charge in [0.25, 0.3) is 0 Å². The Morgan fingerprint density at radius 1 is 1.24 bits per heavy atom. The number of hydrogen-bond donors (Lipinski definition) is 2. The molecule has 4 heteroatoms. The number of carbonyl (C=O) groups excluding carboxylic acids is 1. The molecule has 3 aromatic rings. The largest absolute Gasteiger partial charge is 0.388 e. The maximum Gasteiger partial charge on any atom is 0.188 e. The molecule has 3 rings (SSSR count). The highest BCUT2D eigenvalue weighted by molar-refractivity contribution is 5.99. The number of aliphatic hydroxyl groups excluding tert-OH is 1. The lowest BCUT2D eigenvalue weighted by atomic mass is 10.1. The van der Waals surface area contributed by atoms with Gasteiger partial charge in [0, 0.05) is 16.7 Å². The molecular formula is C17H12N2O2. The Morgan fingerprint density at radius 2 is 2.00 bits per heavy atom. The highest BCUT2D eigenvalue weighted by atomic mass is 16.3. The van der Waals surface area contributed by atoms with Crippen molar-refractivity contribution in [3.63, 3.8) is 0 Å². The van der Waals surface area contributed by atoms with E-state index < -0.39 is 6.61 Å². The van der Waals surface area contributed by atoms with Gasteiger partial charge < -0.3 is 10.1 Å². The standard InChI is InChI=1S/C17H12N2O2/c1-2-11-3-5-12(6-4-11)17-18-14-8-7-13(16(21)10-20)9-15(14)19-17/h1,3-9,20H,10H2,(H,18,19). The maximum atomic E-state index is 11.5. The van der Waals surface area contributed by atoms with Crippen molar-refractivity contribution in [3.05, 3.63) is 53.6 Å². The fourth-order valence-electron chi connectivity index (χ4n) is 2.14. The highest BCUT2D eigenvalue weighted by Crippen LogP contribution is 2.21. The van der Waals surface area contributed by atoms with Gasteiger partial charge in [-0.3, -0.25) is 4.79 Å². The van der Waals surface area contributed by atoms with Crippen LogP contribution in [0.15, 0.2) is 42.5 Å². The zero-order valence-electron chi connectivity index (χ0n) is 11.1. The molecule has 0 saturated heterocycles. The Balaban J connectivity index is 2.04. The van der Waals surface area contributed by atoms with Gasteiger partial charge in [-0.25, -0.2) is 4.98 Å². The summed E-state index contributed by atoms with van der Waals surface area (Å²) in [5.41, 5.74) is 3.71. The minimum Gasteiger partial charge on any atom is -0.388 e. The fourth-order valence-corrected chi connectivity index (χ4v) is 2.14. The third-order valence-corrected chi connectivity index (χ3v) is 3.27. The molecule has 21 heavy (non-hydrogen) atoms. The lowest BCUT2D eigenvalue weighted by molar-refractivity contribution is 0.0904. The monoisotopic (exact) mass is 276 g/mol. The number of hydrogen-bond acceptors (Lipinski definition) is 3. The highest BCUT2D eigenvalue weighted by Gasteiger charge is 2.09. The number of rotatable bonds is 3. The summed E-state index contributed by atoms with van der Waals surface area (Å²) in [7, 11) is 0. The van der Waals surface area contributed by atoms with E-state index in [2.05, 4.69) is 15.9 Å². The molecule has 0 atom stereocenters. The normalized spacial score (nSPS) is 10.5. The molecule has 0 aliphatic heterocycles. The van der Waals surface area contributed by atoms with Crippen molar-refractivity contribution in [3.8, 4) is 23.7 Å². The van der Waals surface area contributed by atoms with E-state index in [1.54, 1.807) is 18.2 Å². The number of Topliss-reactive ketones (excluding diaryl/α,β-unsaturated/α-hetero) is 1. The van der Waals surface area contributed by atoms with Crippen molar-refractivity contribution in [1.82, 2.24) is 9.97 Å². The minimum atomic E-state index is -0.500. The topological polar surface area (TPSA) is 66.0 Å². The number of carbonyl (C=O) groups is 1. The first-order valence-corrected chi connectivity index (χ1v) is 6.42. The van der Waals surface area contributed by atoms with E-state index in [1.165, 1.54) is 0 Å². The number of nitrogens with zero attached hydrogens (tertiary/aromatic N) is 1. The summed E-state index contributed by atoms with van der Waals surface area (Å²) in [5.74, 6) is 2.96. The molecule has 0 aliphatic rings. The van der Waals surface area contributed by atoms with E-state index in [0.717, 1.165) is 22.2 Å². The van der Waals surface area contributed by atoms with Crippen LogP contribution in [0.1, 0.15) is 15.9 Å². The molecule has 102 valence electrons. The summed E-state index contributed by atoms with van der Waals surface area (Å²) >= 11 is 0. The number of H-pyrrole nitrogens is 1. The Labute approximate surface area is 121 Å². The third kappa shape index (κ3) is 2.42. The molecule has 0 spiro atoms. The Hall–Kier alpha value is -2.90. The number of aromatic nitrogens is 2. The van der Waals surface area contributed by atoms with Crippen LogP contribution in [-0.4, -0.2) is 27.5 Å². The number of imidazole rings is 1. The van der Waals surface area contributed by atoms with Gasteiger partial charge >= 0.3 is 0 Å². The van der Waals surface area contributed by atoms with Crippen molar-refractivity contribution >= 4 is 16.8 Å². The molecule has 0 saturated carbocycles. The number of aromatic amines is 1. The summed E-state index contributed by atoms with van der Waals surface area (Å²) in [6.45, 7) is -0.500. The summed E-state index contributed by atoms with van der Waals surface area (Å²) in [5, 5.41) is 8.90. The average molecular weight is 276 g/mol. The van der Waals surface area contributed by atoms with Crippen LogP contribution in [-0.2, 0) is 0 Å². The van der Waals surface area contributed by atoms with Crippen molar-refractivity contribution in [2.75, 3.05) is 6.61 Å². The van der Waals surface area contributed by atoms with Gasteiger partial charge in [0.05, 0.1) is 11.0 Å². The number of ketones is 1. The lowest BCUT2D eigenvalue weighted by Crippen LogP contribution is -2.03. The maximum absolute atomic E-state index is 11.5. The second kappa shape index (κ2) is 5.23. The Bertz CT molecular complexity index is 855. The van der Waals surface area contributed by atoms with Crippen LogP contribution >= 0.6 is 0 Å². The van der Waals surface area contributed by atoms with E-state index in [0.29, 0.717) is 11.4 Å². The van der Waals surface area contributed by atoms with Crippen LogP contribution < -0.4 is 0 Å². The van der Waals surface area contributed by atoms with Gasteiger partial charge in [0.2, 0.25) is 0 Å². The molecule has 0 bridgehead atoms. The van der Waals surface area contributed by atoms with E-state index in [1.807, 2.05) is 24.3 Å². The zero-order valence-corrected chi connectivity index (χ0v) is 11.1. The first-order chi connectivity index (χ1) is 10.2. The fraction of sp³-hybridized carbons (Fsp3) is 0.0588. The summed E-state index contributed by atoms with van der Waals surface area (Å²) in [6, 6.07) is 12.6. The minimum absolute atomic E-state index is 0.313. The molecule has 2 N–H and O–H groups in total. The van der Waals surface area contributed by atoms with Crippen molar-refractivity contribution in [2.45, 2.75) is 0 Å². The van der Waals surface area contributed by atoms with Crippen LogP contribution in [0.5, 0.6) is 0 Å². The van der Waals surface area contributed by atoms with E-state index in [4.69, 9.17) is 11.5 Å². The molecule has 4 nitrogen and oxygen atoms in total. The van der Waals surface area contributed by atoms with Crippen LogP contribution in [0.4, 0.5) is 0 Å². The zero-order chi connectivity index (χ0) is 14.8. The van der Waals surface area contributed by atoms with Crippen LogP contribution in [0.2, 0.25) is 0 Å². The van der Waals surface area contributed by atoms with Gasteiger partial charge in [-0.2, -0.15) is 0 Å². The van der Waals surface area contributed by atoms with Gasteiger partial charge in [0.15, 0.2) is 5.78 Å². The number of fused-ring (bicyclic) bond motifs is 1. The SMILES string of the molecule is C#Cc1ccc(-c2nc3ccc(C(=O)CO)cc3[nH]2)cc1. The number of nitrogens with one attached hydrogen (secondary N) is 1. The van der Waals surface area contributed by atoms with Crippen molar-refractivity contribution in [1.29, 1.82) is 0 Å². The summed E-state index contributed by atoms with van der Waals surface area (Å²) in [4.78, 5) is 19.2. The quantitative estimate of drug-likeness (QED) is 0.570. The first-order valence-electron chi connectivity index (χ1n) is 6.42. The molecule has 0 fully saturated rings. The predicted molar refractivity (Wildman–Crippen MR) is 80.9 cm³/mol. The smallest absolute Gasteiger partial charge is 0.188 e. The van der Waals surface area contributed by atoms with E-state index >= 15 is 0 Å². The Kier molecular flexibility index (Phi) is 3.27. The molecule has 0 amide bonds. The Morgan fingerprint density at radius 3 is 2.67 bits per heavy atom. The molecule has 0 unspecified atom stereocenters.